The van der Waals surface area contributed by atoms with Crippen LogP contribution in [0.2, 0.25) is 0 Å². The highest BCUT2D eigenvalue weighted by atomic mass is 32.1. The summed E-state index contributed by atoms with van der Waals surface area (Å²) >= 11 is 1.88. The minimum Gasteiger partial charge on any atom is -0.333 e. The van der Waals surface area contributed by atoms with Crippen molar-refractivity contribution in [1.82, 2.24) is 4.90 Å². The zero-order valence-corrected chi connectivity index (χ0v) is 10.6. The summed E-state index contributed by atoms with van der Waals surface area (Å²) in [6, 6.07) is 4.38. The molecule has 1 aliphatic heterocycles. The molecule has 1 fully saturated rings. The molecular weight excluding hydrogens is 204 g/mol. The standard InChI is InChI=1S/C11H17NS.CH5N/c1-10-4-6-12(7-5-10)9-11-3-2-8-13-11;1-2/h2-3,8,10H,4-7,9H2,1H3;2H2,1H3. The summed E-state index contributed by atoms with van der Waals surface area (Å²) < 4.78 is 0. The van der Waals surface area contributed by atoms with Crippen LogP contribution in [0.5, 0.6) is 0 Å². The summed E-state index contributed by atoms with van der Waals surface area (Å²) in [4.78, 5) is 4.08. The van der Waals surface area contributed by atoms with Crippen molar-refractivity contribution in [1.29, 1.82) is 0 Å². The number of nitrogens with two attached hydrogens (primary N) is 1. The van der Waals surface area contributed by atoms with Gasteiger partial charge in [0.25, 0.3) is 0 Å². The molecule has 2 heterocycles. The van der Waals surface area contributed by atoms with Crippen LogP contribution in [0, 0.1) is 5.92 Å². The number of likely N-dealkylation sites (tertiary alicyclic amines) is 1. The SMILES string of the molecule is CC1CCN(Cc2cccs2)CC1.CN. The van der Waals surface area contributed by atoms with Crippen LogP contribution in [-0.4, -0.2) is 25.0 Å². The summed E-state index contributed by atoms with van der Waals surface area (Å²) in [6.07, 6.45) is 2.76. The lowest BCUT2D eigenvalue weighted by Crippen LogP contribution is -2.31. The van der Waals surface area contributed by atoms with Crippen molar-refractivity contribution in [2.75, 3.05) is 20.1 Å². The molecule has 1 aromatic heterocycles. The number of thiophene rings is 1. The van der Waals surface area contributed by atoms with E-state index in [9.17, 15) is 0 Å². The second-order valence-electron chi connectivity index (χ2n) is 4.04. The molecule has 0 aromatic carbocycles. The van der Waals surface area contributed by atoms with Gasteiger partial charge in [-0.25, -0.2) is 0 Å². The first-order valence-corrected chi connectivity index (χ1v) is 6.55. The molecule has 1 aromatic rings. The third-order valence-corrected chi connectivity index (χ3v) is 3.70. The maximum atomic E-state index is 4.50. The quantitative estimate of drug-likeness (QED) is 0.840. The van der Waals surface area contributed by atoms with Gasteiger partial charge in [0.2, 0.25) is 0 Å². The fourth-order valence-corrected chi connectivity index (χ4v) is 2.59. The van der Waals surface area contributed by atoms with Gasteiger partial charge in [0.05, 0.1) is 0 Å². The number of piperidine rings is 1. The lowest BCUT2D eigenvalue weighted by Gasteiger charge is -2.29. The molecular formula is C12H22N2S. The molecule has 0 aliphatic carbocycles. The molecule has 2 rings (SSSR count). The Kier molecular flexibility index (Phi) is 5.91. The average molecular weight is 226 g/mol. The minimum absolute atomic E-state index is 0.944. The van der Waals surface area contributed by atoms with Gasteiger partial charge in [0, 0.05) is 11.4 Å². The largest absolute Gasteiger partial charge is 0.333 e. The van der Waals surface area contributed by atoms with E-state index in [0.717, 1.165) is 5.92 Å². The summed E-state index contributed by atoms with van der Waals surface area (Å²) in [5.41, 5.74) is 4.50. The van der Waals surface area contributed by atoms with Crippen LogP contribution in [-0.2, 0) is 6.54 Å². The Bertz CT molecular complexity index is 238. The Balaban J connectivity index is 0.000000531. The van der Waals surface area contributed by atoms with Crippen LogP contribution in [0.15, 0.2) is 17.5 Å². The van der Waals surface area contributed by atoms with Crippen molar-refractivity contribution >= 4 is 11.3 Å². The Hall–Kier alpha value is -0.380. The Morgan fingerprint density at radius 3 is 2.60 bits per heavy atom. The molecule has 86 valence electrons. The number of hydrogen-bond acceptors (Lipinski definition) is 3. The number of nitrogens with zero attached hydrogens (tertiary/aromatic N) is 1. The van der Waals surface area contributed by atoms with Gasteiger partial charge in [-0.3, -0.25) is 4.90 Å². The van der Waals surface area contributed by atoms with Crippen LogP contribution in [0.4, 0.5) is 0 Å². The summed E-state index contributed by atoms with van der Waals surface area (Å²) in [6.45, 7) is 6.12. The van der Waals surface area contributed by atoms with Crippen molar-refractivity contribution in [3.63, 3.8) is 0 Å². The van der Waals surface area contributed by atoms with E-state index >= 15 is 0 Å². The van der Waals surface area contributed by atoms with E-state index in [1.54, 1.807) is 0 Å². The summed E-state index contributed by atoms with van der Waals surface area (Å²) in [5.74, 6) is 0.944. The fraction of sp³-hybridized carbons (Fsp3) is 0.667. The second-order valence-corrected chi connectivity index (χ2v) is 5.07. The average Bonchev–Trinajstić information content (AvgIpc) is 2.77. The first-order valence-electron chi connectivity index (χ1n) is 5.67. The van der Waals surface area contributed by atoms with Crippen molar-refractivity contribution in [3.8, 4) is 0 Å². The van der Waals surface area contributed by atoms with Gasteiger partial charge in [-0.2, -0.15) is 0 Å². The van der Waals surface area contributed by atoms with Crippen LogP contribution >= 0.6 is 11.3 Å². The number of rotatable bonds is 2. The Morgan fingerprint density at radius 1 is 1.40 bits per heavy atom. The monoisotopic (exact) mass is 226 g/mol. The first-order chi connectivity index (χ1) is 7.34. The molecule has 0 bridgehead atoms. The molecule has 0 unspecified atom stereocenters. The van der Waals surface area contributed by atoms with Gasteiger partial charge in [-0.15, -0.1) is 11.3 Å². The van der Waals surface area contributed by atoms with Crippen molar-refractivity contribution in [2.45, 2.75) is 26.3 Å². The maximum Gasteiger partial charge on any atom is 0.0327 e. The summed E-state index contributed by atoms with van der Waals surface area (Å²) in [5, 5.41) is 2.17. The molecule has 2 N–H and O–H groups in total. The molecule has 0 amide bonds. The smallest absolute Gasteiger partial charge is 0.0327 e. The highest BCUT2D eigenvalue weighted by molar-refractivity contribution is 7.09. The van der Waals surface area contributed by atoms with E-state index in [4.69, 9.17) is 0 Å². The second kappa shape index (κ2) is 6.99. The van der Waals surface area contributed by atoms with Crippen LogP contribution < -0.4 is 5.73 Å². The van der Waals surface area contributed by atoms with Crippen molar-refractivity contribution in [3.05, 3.63) is 22.4 Å². The normalized spacial score (nSPS) is 18.3. The van der Waals surface area contributed by atoms with Gasteiger partial charge in [-0.1, -0.05) is 13.0 Å². The van der Waals surface area contributed by atoms with Gasteiger partial charge in [0.1, 0.15) is 0 Å². The maximum absolute atomic E-state index is 4.50. The molecule has 0 spiro atoms. The molecule has 0 atom stereocenters. The van der Waals surface area contributed by atoms with Crippen molar-refractivity contribution < 1.29 is 0 Å². The van der Waals surface area contributed by atoms with Crippen LogP contribution in [0.1, 0.15) is 24.6 Å². The lowest BCUT2D eigenvalue weighted by atomic mass is 9.99. The van der Waals surface area contributed by atoms with E-state index in [0.29, 0.717) is 0 Å². The molecule has 1 saturated heterocycles. The fourth-order valence-electron chi connectivity index (χ4n) is 1.84. The van der Waals surface area contributed by atoms with Gasteiger partial charge < -0.3 is 5.73 Å². The molecule has 0 radical (unpaired) electrons. The minimum atomic E-state index is 0.944. The van der Waals surface area contributed by atoms with Gasteiger partial charge >= 0.3 is 0 Å². The molecule has 0 saturated carbocycles. The van der Waals surface area contributed by atoms with E-state index in [-0.39, 0.29) is 0 Å². The molecule has 3 heteroatoms. The Labute approximate surface area is 97.1 Å². The lowest BCUT2D eigenvalue weighted by molar-refractivity contribution is 0.186. The predicted octanol–water partition coefficient (Wildman–Crippen LogP) is 2.55. The highest BCUT2D eigenvalue weighted by Crippen LogP contribution is 2.19. The third-order valence-electron chi connectivity index (χ3n) is 2.84. The van der Waals surface area contributed by atoms with E-state index in [2.05, 4.69) is 35.1 Å². The highest BCUT2D eigenvalue weighted by Gasteiger charge is 2.15. The predicted molar refractivity (Wildman–Crippen MR) is 68.1 cm³/mol. The van der Waals surface area contributed by atoms with E-state index < -0.39 is 0 Å². The molecule has 2 nitrogen and oxygen atoms in total. The zero-order valence-electron chi connectivity index (χ0n) is 9.78. The van der Waals surface area contributed by atoms with Gasteiger partial charge in [-0.05, 0) is 50.3 Å². The third kappa shape index (κ3) is 4.33. The molecule has 1 aliphatic rings. The van der Waals surface area contributed by atoms with Gasteiger partial charge in [0.15, 0.2) is 0 Å². The zero-order chi connectivity index (χ0) is 11.1. The van der Waals surface area contributed by atoms with Crippen molar-refractivity contribution in [2.24, 2.45) is 11.7 Å². The van der Waals surface area contributed by atoms with Crippen LogP contribution in [0.25, 0.3) is 0 Å². The molecule has 15 heavy (non-hydrogen) atoms. The van der Waals surface area contributed by atoms with E-state index in [1.165, 1.54) is 44.4 Å². The van der Waals surface area contributed by atoms with E-state index in [1.807, 2.05) is 11.3 Å². The van der Waals surface area contributed by atoms with Crippen LogP contribution in [0.3, 0.4) is 0 Å². The topological polar surface area (TPSA) is 29.3 Å². The number of hydrogen-bond donors (Lipinski definition) is 1. The Morgan fingerprint density at radius 2 is 2.07 bits per heavy atom. The first kappa shape index (κ1) is 12.7. The summed E-state index contributed by atoms with van der Waals surface area (Å²) in [7, 11) is 1.50.